The van der Waals surface area contributed by atoms with Crippen molar-refractivity contribution in [1.29, 1.82) is 0 Å². The average Bonchev–Trinajstić information content (AvgIpc) is 3.27. The number of aromatic nitrogens is 2. The first-order valence-electron chi connectivity index (χ1n) is 11.7. The summed E-state index contributed by atoms with van der Waals surface area (Å²) < 4.78 is 28.4. The van der Waals surface area contributed by atoms with Gasteiger partial charge in [0.05, 0.1) is 5.58 Å². The number of nitrogens with zero attached hydrogens (tertiary/aromatic N) is 2. The zero-order valence-corrected chi connectivity index (χ0v) is 19.8. The van der Waals surface area contributed by atoms with Crippen molar-refractivity contribution < 1.29 is 28.6 Å². The largest absolute Gasteiger partial charge is 0.476 e. The van der Waals surface area contributed by atoms with Crippen LogP contribution in [-0.4, -0.2) is 9.97 Å². The van der Waals surface area contributed by atoms with E-state index in [1.165, 1.54) is 0 Å². The summed E-state index contributed by atoms with van der Waals surface area (Å²) in [5.74, 6) is 0. The molecule has 0 atom stereocenters. The Hall–Kier alpha value is -3.59. The number of aryl methyl sites for hydroxylation is 1. The fourth-order valence-electron chi connectivity index (χ4n) is 3.46. The smallest absolute Gasteiger partial charge is 0.123 e. The summed E-state index contributed by atoms with van der Waals surface area (Å²) >= 11 is 0. The van der Waals surface area contributed by atoms with Gasteiger partial charge in [-0.05, 0) is 47.4 Å². The number of pyridine rings is 2. The molecule has 0 unspecified atom stereocenters. The molecule has 0 aliphatic heterocycles. The molecule has 0 saturated heterocycles. The van der Waals surface area contributed by atoms with Crippen LogP contribution in [0.25, 0.3) is 44.5 Å². The van der Waals surface area contributed by atoms with Crippen LogP contribution in [0.3, 0.4) is 0 Å². The molecule has 3 aromatic heterocycles. The maximum absolute atomic E-state index is 7.51. The fourth-order valence-corrected chi connectivity index (χ4v) is 3.46. The van der Waals surface area contributed by atoms with Crippen LogP contribution in [-0.2, 0) is 20.1 Å². The Labute approximate surface area is 210 Å². The van der Waals surface area contributed by atoms with Crippen molar-refractivity contribution in [1.82, 2.24) is 9.97 Å². The van der Waals surface area contributed by atoms with Crippen molar-refractivity contribution in [3.05, 3.63) is 121 Å². The van der Waals surface area contributed by atoms with Crippen LogP contribution in [0.15, 0.2) is 108 Å². The number of hydrogen-bond acceptors (Lipinski definition) is 3. The second-order valence-corrected chi connectivity index (χ2v) is 7.14. The van der Waals surface area contributed by atoms with Gasteiger partial charge >= 0.3 is 0 Å². The van der Waals surface area contributed by atoms with Gasteiger partial charge in [0.1, 0.15) is 5.58 Å². The standard InChI is InChI=1S/C18H12NO.C11H8N.Ir/c1-12-5-7-14-15-8-6-13(16-4-2-3-9-19-16)11-18(15)20-17(14)10-12;1-2-6-10(7-3-1)11-8-4-5-9-12-11;/h2-5,7-11H,1H3;1-6,8-9H;/q2*-1;/i1D3;;. The zero-order chi connectivity index (χ0) is 24.3. The summed E-state index contributed by atoms with van der Waals surface area (Å²) in [5, 5.41) is 1.80. The van der Waals surface area contributed by atoms with Crippen molar-refractivity contribution in [2.75, 3.05) is 0 Å². The number of hydrogen-bond donors (Lipinski definition) is 0. The monoisotopic (exact) mass is 608 g/mol. The van der Waals surface area contributed by atoms with Gasteiger partial charge in [-0.1, -0.05) is 47.9 Å². The summed E-state index contributed by atoms with van der Waals surface area (Å²) in [7, 11) is 0. The molecule has 163 valence electrons. The van der Waals surface area contributed by atoms with Crippen molar-refractivity contribution in [2.45, 2.75) is 6.85 Å². The summed E-state index contributed by atoms with van der Waals surface area (Å²) in [4.78, 5) is 8.53. The van der Waals surface area contributed by atoms with Gasteiger partial charge in [-0.25, -0.2) is 0 Å². The molecular weight excluding hydrogens is 585 g/mol. The Morgan fingerprint density at radius 1 is 0.727 bits per heavy atom. The first kappa shape index (κ1) is 18.9. The maximum Gasteiger partial charge on any atom is 0.123 e. The molecule has 0 aliphatic carbocycles. The zero-order valence-electron chi connectivity index (χ0n) is 20.5. The van der Waals surface area contributed by atoms with E-state index in [0.29, 0.717) is 11.2 Å². The second kappa shape index (κ2) is 10.4. The molecule has 3 nitrogen and oxygen atoms in total. The molecular formula is C29H20IrN2O-2. The van der Waals surface area contributed by atoms with Crippen molar-refractivity contribution in [2.24, 2.45) is 0 Å². The molecule has 4 heteroatoms. The number of furan rings is 1. The van der Waals surface area contributed by atoms with E-state index in [0.717, 1.165) is 33.3 Å². The molecule has 6 rings (SSSR count). The van der Waals surface area contributed by atoms with Gasteiger partial charge in [-0.15, -0.1) is 53.6 Å². The Kier molecular flexibility index (Phi) is 5.94. The summed E-state index contributed by atoms with van der Waals surface area (Å²) in [6, 6.07) is 34.5. The summed E-state index contributed by atoms with van der Waals surface area (Å²) in [5.41, 5.74) is 5.21. The quantitative estimate of drug-likeness (QED) is 0.194. The third-order valence-electron chi connectivity index (χ3n) is 5.00. The van der Waals surface area contributed by atoms with Crippen molar-refractivity contribution >= 4 is 21.9 Å². The van der Waals surface area contributed by atoms with E-state index < -0.39 is 6.85 Å². The van der Waals surface area contributed by atoms with Crippen molar-refractivity contribution in [3.8, 4) is 22.5 Å². The molecule has 3 aromatic carbocycles. The molecule has 3 heterocycles. The number of fused-ring (bicyclic) bond motifs is 3. The van der Waals surface area contributed by atoms with Crippen LogP contribution in [0.1, 0.15) is 9.68 Å². The molecule has 33 heavy (non-hydrogen) atoms. The minimum Gasteiger partial charge on any atom is -0.476 e. The fraction of sp³-hybridized carbons (Fsp3) is 0.0345. The van der Waals surface area contributed by atoms with Crippen LogP contribution >= 0.6 is 0 Å². The predicted molar refractivity (Wildman–Crippen MR) is 129 cm³/mol. The normalized spacial score (nSPS) is 12.1. The number of rotatable bonds is 2. The first-order chi connectivity index (χ1) is 17.0. The molecule has 0 bridgehead atoms. The van der Waals surface area contributed by atoms with Crippen molar-refractivity contribution in [3.63, 3.8) is 0 Å². The minimum absolute atomic E-state index is 0. The maximum atomic E-state index is 7.51. The van der Waals surface area contributed by atoms with Crippen LogP contribution in [0.2, 0.25) is 0 Å². The topological polar surface area (TPSA) is 38.9 Å². The SMILES string of the molecule is [2H]C([2H])([2H])c1ccc2c(c1)oc1cc(-c3ccccn3)[c-]cc12.[Ir].[c-]1ccccc1-c1ccccn1. The van der Waals surface area contributed by atoms with Crippen LogP contribution in [0.4, 0.5) is 0 Å². The Balaban J connectivity index is 0.000000198. The van der Waals surface area contributed by atoms with E-state index in [1.807, 2.05) is 72.8 Å². The van der Waals surface area contributed by atoms with E-state index in [1.54, 1.807) is 30.6 Å². The van der Waals surface area contributed by atoms with E-state index in [2.05, 4.69) is 22.1 Å². The Bertz CT molecular complexity index is 1530. The minimum atomic E-state index is -2.14. The van der Waals surface area contributed by atoms with Gasteiger partial charge < -0.3 is 14.4 Å². The third kappa shape index (κ3) is 5.09. The third-order valence-corrected chi connectivity index (χ3v) is 5.00. The van der Waals surface area contributed by atoms with E-state index in [9.17, 15) is 0 Å². The number of benzene rings is 3. The molecule has 0 N–H and O–H groups in total. The molecule has 1 radical (unpaired) electrons. The van der Waals surface area contributed by atoms with Crippen LogP contribution in [0.5, 0.6) is 0 Å². The first-order valence-corrected chi connectivity index (χ1v) is 10.2. The van der Waals surface area contributed by atoms with E-state index in [-0.39, 0.29) is 25.7 Å². The van der Waals surface area contributed by atoms with Crippen LogP contribution < -0.4 is 0 Å². The average molecular weight is 608 g/mol. The Morgan fingerprint density at radius 3 is 2.12 bits per heavy atom. The van der Waals surface area contributed by atoms with Gasteiger partial charge in [-0.2, -0.15) is 0 Å². The van der Waals surface area contributed by atoms with Gasteiger partial charge in [0.25, 0.3) is 0 Å². The summed E-state index contributed by atoms with van der Waals surface area (Å²) in [6.07, 6.45) is 3.52. The molecule has 0 fully saturated rings. The molecule has 0 saturated carbocycles. The van der Waals surface area contributed by atoms with Gasteiger partial charge in [0.15, 0.2) is 0 Å². The van der Waals surface area contributed by atoms with E-state index in [4.69, 9.17) is 8.53 Å². The van der Waals surface area contributed by atoms with Gasteiger partial charge in [0, 0.05) is 36.6 Å². The summed E-state index contributed by atoms with van der Waals surface area (Å²) in [6.45, 7) is -2.14. The predicted octanol–water partition coefficient (Wildman–Crippen LogP) is 7.30. The molecule has 0 spiro atoms. The van der Waals surface area contributed by atoms with E-state index >= 15 is 0 Å². The second-order valence-electron chi connectivity index (χ2n) is 7.14. The molecule has 6 aromatic rings. The van der Waals surface area contributed by atoms with Gasteiger partial charge in [0.2, 0.25) is 0 Å². The molecule has 0 amide bonds. The Morgan fingerprint density at radius 2 is 1.45 bits per heavy atom. The molecule has 0 aliphatic rings. The van der Waals surface area contributed by atoms with Gasteiger partial charge in [-0.3, -0.25) is 0 Å². The van der Waals surface area contributed by atoms with Crippen LogP contribution in [0, 0.1) is 19.0 Å².